The number of anilines is 1. The lowest BCUT2D eigenvalue weighted by Gasteiger charge is -2.21. The Hall–Kier alpha value is -5.44. The number of carbonyl (C=O) groups is 4. The van der Waals surface area contributed by atoms with E-state index in [1.807, 2.05) is 0 Å². The van der Waals surface area contributed by atoms with Crippen molar-refractivity contribution in [1.82, 2.24) is 0 Å². The maximum atomic E-state index is 13.5. The van der Waals surface area contributed by atoms with Gasteiger partial charge in [-0.05, 0) is 36.4 Å². The van der Waals surface area contributed by atoms with Crippen LogP contribution in [0.25, 0.3) is 0 Å². The smallest absolute Gasteiger partial charge is 0.341 e. The Morgan fingerprint density at radius 3 is 1.89 bits per heavy atom. The highest BCUT2D eigenvalue weighted by atomic mass is 16.6. The molecule has 1 atom stereocenters. The molecule has 0 saturated heterocycles. The zero-order chi connectivity index (χ0) is 26.8. The van der Waals surface area contributed by atoms with Crippen LogP contribution in [0.1, 0.15) is 53.1 Å². The highest BCUT2D eigenvalue weighted by molar-refractivity contribution is 6.35. The Morgan fingerprint density at radius 2 is 1.29 bits per heavy atom. The average molecular weight is 506 g/mol. The predicted molar refractivity (Wildman–Crippen MR) is 136 cm³/mol. The van der Waals surface area contributed by atoms with Crippen molar-refractivity contribution in [1.29, 1.82) is 0 Å². The molecule has 4 aromatic carbocycles. The van der Waals surface area contributed by atoms with E-state index in [1.165, 1.54) is 54.6 Å². The number of fused-ring (bicyclic) bond motifs is 1. The molecule has 1 aliphatic heterocycles. The molecular formula is C29H18N2O7. The number of para-hydroxylation sites is 1. The number of rotatable bonds is 7. The lowest BCUT2D eigenvalue weighted by molar-refractivity contribution is -0.384. The number of esters is 1. The standard InChI is InChI=1S/C29H18N2O7/c32-25(18-8-2-1-3-9-18)26(19-14-16-20(17-15-19)31(36)37)38-29(35)23-12-6-7-13-24(23)30-27(33)21-10-4-5-11-22(21)28(30)34/h1-17,26H/t26-/m1/s1. The molecule has 0 radical (unpaired) electrons. The first-order chi connectivity index (χ1) is 18.4. The summed E-state index contributed by atoms with van der Waals surface area (Å²) in [6.07, 6.45) is -1.44. The van der Waals surface area contributed by atoms with Crippen LogP contribution in [0, 0.1) is 10.1 Å². The number of Topliss-reactive ketones (excluding diaryl/α,β-unsaturated/α-hetero) is 1. The third-order valence-electron chi connectivity index (χ3n) is 6.09. The maximum absolute atomic E-state index is 13.5. The largest absolute Gasteiger partial charge is 0.445 e. The number of nitro benzene ring substituents is 1. The minimum absolute atomic E-state index is 0.0123. The van der Waals surface area contributed by atoms with Gasteiger partial charge in [0, 0.05) is 23.3 Å². The van der Waals surface area contributed by atoms with Crippen LogP contribution in [-0.2, 0) is 4.74 Å². The Kier molecular flexibility index (Phi) is 6.32. The quantitative estimate of drug-likeness (QED) is 0.111. The van der Waals surface area contributed by atoms with Crippen molar-refractivity contribution in [3.63, 3.8) is 0 Å². The second kappa shape index (κ2) is 9.90. The van der Waals surface area contributed by atoms with Gasteiger partial charge in [-0.15, -0.1) is 0 Å². The summed E-state index contributed by atoms with van der Waals surface area (Å²) >= 11 is 0. The van der Waals surface area contributed by atoms with Gasteiger partial charge in [0.2, 0.25) is 5.78 Å². The molecule has 1 aliphatic rings. The van der Waals surface area contributed by atoms with Gasteiger partial charge >= 0.3 is 5.97 Å². The normalized spacial score (nSPS) is 13.1. The maximum Gasteiger partial charge on any atom is 0.341 e. The number of carbonyl (C=O) groups excluding carboxylic acids is 4. The fraction of sp³-hybridized carbons (Fsp3) is 0.0345. The fourth-order valence-corrected chi connectivity index (χ4v) is 4.22. The Morgan fingerprint density at radius 1 is 0.737 bits per heavy atom. The summed E-state index contributed by atoms with van der Waals surface area (Å²) in [6.45, 7) is 0. The summed E-state index contributed by atoms with van der Waals surface area (Å²) in [5.74, 6) is -2.67. The Labute approximate surface area is 216 Å². The molecule has 38 heavy (non-hydrogen) atoms. The van der Waals surface area contributed by atoms with Crippen LogP contribution in [0.4, 0.5) is 11.4 Å². The third kappa shape index (κ3) is 4.33. The minimum atomic E-state index is -1.44. The third-order valence-corrected chi connectivity index (χ3v) is 6.09. The molecule has 0 saturated carbocycles. The van der Waals surface area contributed by atoms with Gasteiger partial charge < -0.3 is 4.74 Å². The fourth-order valence-electron chi connectivity index (χ4n) is 4.22. The molecule has 0 spiro atoms. The van der Waals surface area contributed by atoms with Gasteiger partial charge in [0.15, 0.2) is 6.10 Å². The average Bonchev–Trinajstić information content (AvgIpc) is 3.21. The van der Waals surface area contributed by atoms with Crippen LogP contribution >= 0.6 is 0 Å². The van der Waals surface area contributed by atoms with E-state index in [0.717, 1.165) is 4.90 Å². The van der Waals surface area contributed by atoms with Gasteiger partial charge in [-0.3, -0.25) is 24.5 Å². The summed E-state index contributed by atoms with van der Waals surface area (Å²) in [6, 6.07) is 25.5. The first-order valence-electron chi connectivity index (χ1n) is 11.5. The van der Waals surface area contributed by atoms with Crippen molar-refractivity contribution in [3.05, 3.63) is 141 Å². The lowest BCUT2D eigenvalue weighted by atomic mass is 9.99. The summed E-state index contributed by atoms with van der Waals surface area (Å²) in [4.78, 5) is 64.4. The number of ketones is 1. The second-order valence-corrected chi connectivity index (χ2v) is 8.37. The molecule has 0 unspecified atom stereocenters. The van der Waals surface area contributed by atoms with Crippen LogP contribution in [-0.4, -0.2) is 28.5 Å². The summed E-state index contributed by atoms with van der Waals surface area (Å²) in [5, 5.41) is 11.1. The van der Waals surface area contributed by atoms with E-state index >= 15 is 0 Å². The van der Waals surface area contributed by atoms with E-state index in [1.54, 1.807) is 48.5 Å². The van der Waals surface area contributed by atoms with Crippen LogP contribution < -0.4 is 4.90 Å². The molecule has 0 aromatic heterocycles. The number of nitro groups is 1. The van der Waals surface area contributed by atoms with E-state index in [9.17, 15) is 29.3 Å². The summed E-state index contributed by atoms with van der Waals surface area (Å²) < 4.78 is 5.68. The molecule has 1 heterocycles. The topological polar surface area (TPSA) is 124 Å². The van der Waals surface area contributed by atoms with Crippen molar-refractivity contribution in [3.8, 4) is 0 Å². The molecule has 0 bridgehead atoms. The summed E-state index contributed by atoms with van der Waals surface area (Å²) in [7, 11) is 0. The van der Waals surface area contributed by atoms with Crippen molar-refractivity contribution >= 4 is 34.9 Å². The molecule has 4 aromatic rings. The van der Waals surface area contributed by atoms with E-state index in [2.05, 4.69) is 0 Å². The number of hydrogen-bond acceptors (Lipinski definition) is 7. The monoisotopic (exact) mass is 506 g/mol. The van der Waals surface area contributed by atoms with Crippen molar-refractivity contribution in [2.75, 3.05) is 4.90 Å². The van der Waals surface area contributed by atoms with Crippen LogP contribution in [0.15, 0.2) is 103 Å². The van der Waals surface area contributed by atoms with E-state index < -0.39 is 34.6 Å². The van der Waals surface area contributed by atoms with Gasteiger partial charge in [0.1, 0.15) is 0 Å². The SMILES string of the molecule is O=C(O[C@@H](C(=O)c1ccccc1)c1ccc([N+](=O)[O-])cc1)c1ccccc1N1C(=O)c2ccccc2C1=O. The number of ether oxygens (including phenoxy) is 1. The highest BCUT2D eigenvalue weighted by Crippen LogP contribution is 2.33. The predicted octanol–water partition coefficient (Wildman–Crippen LogP) is 5.18. The number of nitrogens with zero attached hydrogens (tertiary/aromatic N) is 2. The first-order valence-corrected chi connectivity index (χ1v) is 11.5. The zero-order valence-corrected chi connectivity index (χ0v) is 19.6. The Bertz CT molecular complexity index is 1560. The number of benzene rings is 4. The molecule has 186 valence electrons. The van der Waals surface area contributed by atoms with Gasteiger partial charge in [-0.1, -0.05) is 54.6 Å². The number of imide groups is 1. The molecule has 5 rings (SSSR count). The molecule has 0 aliphatic carbocycles. The molecular weight excluding hydrogens is 488 g/mol. The molecule has 9 nitrogen and oxygen atoms in total. The van der Waals surface area contributed by atoms with E-state index in [0.29, 0.717) is 0 Å². The molecule has 9 heteroatoms. The van der Waals surface area contributed by atoms with Crippen molar-refractivity contribution in [2.45, 2.75) is 6.10 Å². The lowest BCUT2D eigenvalue weighted by Crippen LogP contribution is -2.31. The number of amides is 2. The van der Waals surface area contributed by atoms with Gasteiger partial charge in [-0.25, -0.2) is 9.69 Å². The molecule has 0 N–H and O–H groups in total. The second-order valence-electron chi connectivity index (χ2n) is 8.37. The van der Waals surface area contributed by atoms with Gasteiger partial charge in [0.25, 0.3) is 17.5 Å². The van der Waals surface area contributed by atoms with Gasteiger partial charge in [0.05, 0.1) is 27.3 Å². The highest BCUT2D eigenvalue weighted by Gasteiger charge is 2.38. The number of non-ortho nitro benzene ring substituents is 1. The molecule has 0 fully saturated rings. The zero-order valence-electron chi connectivity index (χ0n) is 19.6. The molecule has 2 amide bonds. The Balaban J connectivity index is 1.51. The van der Waals surface area contributed by atoms with Crippen molar-refractivity contribution in [2.24, 2.45) is 0 Å². The van der Waals surface area contributed by atoms with Gasteiger partial charge in [-0.2, -0.15) is 0 Å². The van der Waals surface area contributed by atoms with E-state index in [-0.39, 0.29) is 39.2 Å². The summed E-state index contributed by atoms with van der Waals surface area (Å²) in [5.41, 5.74) is 0.621. The van der Waals surface area contributed by atoms with Crippen LogP contribution in [0.3, 0.4) is 0 Å². The minimum Gasteiger partial charge on any atom is -0.445 e. The van der Waals surface area contributed by atoms with Crippen molar-refractivity contribution < 1.29 is 28.8 Å². The van der Waals surface area contributed by atoms with E-state index in [4.69, 9.17) is 4.74 Å². The number of hydrogen-bond donors (Lipinski definition) is 0. The first kappa shape index (κ1) is 24.3. The van der Waals surface area contributed by atoms with Crippen LogP contribution in [0.5, 0.6) is 0 Å². The van der Waals surface area contributed by atoms with Crippen LogP contribution in [0.2, 0.25) is 0 Å².